The van der Waals surface area contributed by atoms with Crippen molar-refractivity contribution in [2.45, 2.75) is 0 Å². The second-order valence-corrected chi connectivity index (χ2v) is 11.3. The van der Waals surface area contributed by atoms with Gasteiger partial charge in [0, 0.05) is 32.7 Å². The number of hydrogen-bond donors (Lipinski definition) is 0. The summed E-state index contributed by atoms with van der Waals surface area (Å²) in [6, 6.07) is 47.8. The molecule has 3 aromatic heterocycles. The molecule has 6 aromatic carbocycles. The van der Waals surface area contributed by atoms with E-state index in [4.69, 9.17) is 19.4 Å². The first-order valence-corrected chi connectivity index (χ1v) is 15.0. The number of fused-ring (bicyclic) bond motifs is 8. The van der Waals surface area contributed by atoms with Crippen molar-refractivity contribution in [3.63, 3.8) is 0 Å². The Morgan fingerprint density at radius 1 is 0.444 bits per heavy atom. The van der Waals surface area contributed by atoms with Gasteiger partial charge in [-0.15, -0.1) is 0 Å². The number of nitrogens with zero attached hydrogens (tertiary/aromatic N) is 5. The molecule has 45 heavy (non-hydrogen) atoms. The van der Waals surface area contributed by atoms with Crippen LogP contribution < -0.4 is 4.90 Å². The molecule has 0 atom stereocenters. The molecule has 9 aromatic rings. The summed E-state index contributed by atoms with van der Waals surface area (Å²) in [7, 11) is 0. The van der Waals surface area contributed by atoms with E-state index in [0.717, 1.165) is 71.9 Å². The van der Waals surface area contributed by atoms with Crippen LogP contribution in [0.15, 0.2) is 144 Å². The van der Waals surface area contributed by atoms with Gasteiger partial charge in [-0.1, -0.05) is 103 Å². The van der Waals surface area contributed by atoms with Gasteiger partial charge in [0.25, 0.3) is 0 Å². The lowest BCUT2D eigenvalue weighted by molar-refractivity contribution is 0.669. The summed E-state index contributed by atoms with van der Waals surface area (Å²) in [4.78, 5) is 17.3. The summed E-state index contributed by atoms with van der Waals surface area (Å²) in [5.74, 6) is 1.82. The maximum absolute atomic E-state index is 6.32. The van der Waals surface area contributed by atoms with E-state index in [2.05, 4.69) is 76.2 Å². The van der Waals surface area contributed by atoms with Gasteiger partial charge in [0.2, 0.25) is 5.95 Å². The first kappa shape index (κ1) is 24.2. The molecule has 0 unspecified atom stereocenters. The highest BCUT2D eigenvalue weighted by atomic mass is 16.3. The summed E-state index contributed by atoms with van der Waals surface area (Å²) >= 11 is 0. The normalized spacial score (nSPS) is 12.4. The molecule has 0 N–H and O–H groups in total. The van der Waals surface area contributed by atoms with Crippen molar-refractivity contribution in [1.29, 1.82) is 0 Å². The largest absolute Gasteiger partial charge is 0.456 e. The zero-order chi connectivity index (χ0) is 29.5. The van der Waals surface area contributed by atoms with Crippen LogP contribution in [0.4, 0.5) is 17.3 Å². The summed E-state index contributed by atoms with van der Waals surface area (Å²) in [5.41, 5.74) is 8.95. The first-order chi connectivity index (χ1) is 22.3. The minimum Gasteiger partial charge on any atom is -0.456 e. The van der Waals surface area contributed by atoms with E-state index in [9.17, 15) is 0 Å². The maximum Gasteiger partial charge on any atom is 0.238 e. The van der Waals surface area contributed by atoms with E-state index in [-0.39, 0.29) is 0 Å². The van der Waals surface area contributed by atoms with E-state index in [1.807, 2.05) is 72.8 Å². The van der Waals surface area contributed by atoms with Crippen LogP contribution in [0.2, 0.25) is 0 Å². The van der Waals surface area contributed by atoms with Gasteiger partial charge in [0.1, 0.15) is 11.2 Å². The molecule has 0 fully saturated rings. The number of furan rings is 1. The molecule has 0 saturated heterocycles. The third kappa shape index (κ3) is 3.48. The van der Waals surface area contributed by atoms with Gasteiger partial charge < -0.3 is 8.98 Å². The average molecular weight is 578 g/mol. The van der Waals surface area contributed by atoms with E-state index in [1.165, 1.54) is 0 Å². The van der Waals surface area contributed by atoms with Crippen LogP contribution in [0.3, 0.4) is 0 Å². The van der Waals surface area contributed by atoms with Crippen molar-refractivity contribution in [3.05, 3.63) is 140 Å². The van der Waals surface area contributed by atoms with Crippen LogP contribution in [0.1, 0.15) is 0 Å². The Hall–Kier alpha value is -6.27. The van der Waals surface area contributed by atoms with Gasteiger partial charge >= 0.3 is 0 Å². The Balaban J connectivity index is 1.29. The third-order valence-electron chi connectivity index (χ3n) is 8.76. The van der Waals surface area contributed by atoms with E-state index in [0.29, 0.717) is 17.6 Å². The summed E-state index contributed by atoms with van der Waals surface area (Å²) in [6.07, 6.45) is 0. The van der Waals surface area contributed by atoms with Crippen molar-refractivity contribution < 1.29 is 4.42 Å². The average Bonchev–Trinajstić information content (AvgIpc) is 3.64. The molecule has 0 saturated carbocycles. The molecule has 0 spiro atoms. The molecule has 4 heterocycles. The van der Waals surface area contributed by atoms with Crippen LogP contribution in [0.25, 0.3) is 72.2 Å². The number of benzene rings is 6. The van der Waals surface area contributed by atoms with Crippen molar-refractivity contribution in [2.75, 3.05) is 4.90 Å². The van der Waals surface area contributed by atoms with Gasteiger partial charge in [0.05, 0.1) is 28.1 Å². The van der Waals surface area contributed by atoms with Crippen LogP contribution in [0.5, 0.6) is 0 Å². The molecule has 0 radical (unpaired) electrons. The van der Waals surface area contributed by atoms with Crippen LogP contribution in [-0.2, 0) is 0 Å². The summed E-state index contributed by atoms with van der Waals surface area (Å²) < 4.78 is 8.70. The molecule has 210 valence electrons. The van der Waals surface area contributed by atoms with Crippen molar-refractivity contribution in [1.82, 2.24) is 19.5 Å². The lowest BCUT2D eigenvalue weighted by atomic mass is 10.1. The lowest BCUT2D eigenvalue weighted by Crippen LogP contribution is -2.21. The van der Waals surface area contributed by atoms with Crippen molar-refractivity contribution >= 4 is 61.1 Å². The van der Waals surface area contributed by atoms with Crippen molar-refractivity contribution in [3.8, 4) is 28.5 Å². The van der Waals surface area contributed by atoms with E-state index in [1.54, 1.807) is 0 Å². The second kappa shape index (κ2) is 9.11. The Kier molecular flexibility index (Phi) is 4.90. The topological polar surface area (TPSA) is 60.0 Å². The molecule has 0 bridgehead atoms. The Morgan fingerprint density at radius 2 is 1.07 bits per heavy atom. The van der Waals surface area contributed by atoms with E-state index < -0.39 is 0 Å². The number of anilines is 3. The first-order valence-electron chi connectivity index (χ1n) is 15.0. The van der Waals surface area contributed by atoms with Crippen LogP contribution in [-0.4, -0.2) is 19.5 Å². The molecule has 0 aliphatic carbocycles. The quantitative estimate of drug-likeness (QED) is 0.209. The van der Waals surface area contributed by atoms with Gasteiger partial charge in [-0.25, -0.2) is 4.98 Å². The SMILES string of the molecule is c1ccc(-c2nc(-c3ccccc3)nc(N3c4ccccc4-n4c5cc6c(cc5c5cccc3c54)oc3ccccc36)n2)cc1. The van der Waals surface area contributed by atoms with Crippen LogP contribution in [0, 0.1) is 0 Å². The maximum atomic E-state index is 6.32. The standard InChI is InChI=1S/C39H23N5O/c1-3-12-24(13-4-1)37-40-38(25-14-5-2-6-15-25)42-39(41-37)44-31-19-9-8-18-30(31)43-33-22-29-26-16-7-10-21-34(26)45-35(29)23-28(33)27-17-11-20-32(44)36(27)43/h1-23H. The van der Waals surface area contributed by atoms with Gasteiger partial charge in [-0.2, -0.15) is 9.97 Å². The number of hydrogen-bond acceptors (Lipinski definition) is 5. The third-order valence-corrected chi connectivity index (χ3v) is 8.76. The zero-order valence-electron chi connectivity index (χ0n) is 23.9. The smallest absolute Gasteiger partial charge is 0.238 e. The number of rotatable bonds is 3. The molecule has 1 aliphatic heterocycles. The zero-order valence-corrected chi connectivity index (χ0v) is 23.9. The fourth-order valence-corrected chi connectivity index (χ4v) is 6.78. The van der Waals surface area contributed by atoms with E-state index >= 15 is 0 Å². The second-order valence-electron chi connectivity index (χ2n) is 11.3. The molecule has 1 aliphatic rings. The van der Waals surface area contributed by atoms with Gasteiger partial charge in [-0.05, 0) is 36.4 Å². The van der Waals surface area contributed by atoms with Gasteiger partial charge in [0.15, 0.2) is 11.6 Å². The predicted octanol–water partition coefficient (Wildman–Crippen LogP) is 9.99. The molecule has 6 nitrogen and oxygen atoms in total. The molecule has 6 heteroatoms. The summed E-state index contributed by atoms with van der Waals surface area (Å²) in [6.45, 7) is 0. The van der Waals surface area contributed by atoms with Crippen molar-refractivity contribution in [2.24, 2.45) is 0 Å². The fourth-order valence-electron chi connectivity index (χ4n) is 6.78. The minimum atomic E-state index is 0.568. The molecule has 0 amide bonds. The predicted molar refractivity (Wildman–Crippen MR) is 181 cm³/mol. The summed E-state index contributed by atoms with van der Waals surface area (Å²) in [5, 5.41) is 4.51. The molecular formula is C39H23N5O. The number of para-hydroxylation sites is 4. The highest BCUT2D eigenvalue weighted by molar-refractivity contribution is 6.20. The van der Waals surface area contributed by atoms with Crippen LogP contribution >= 0.6 is 0 Å². The lowest BCUT2D eigenvalue weighted by Gasteiger charge is -2.31. The Bertz CT molecular complexity index is 2550. The van der Waals surface area contributed by atoms with Gasteiger partial charge in [-0.3, -0.25) is 4.90 Å². The monoisotopic (exact) mass is 577 g/mol. The Morgan fingerprint density at radius 3 is 1.82 bits per heavy atom. The molecule has 10 rings (SSSR count). The fraction of sp³-hybridized carbons (Fsp3) is 0. The highest BCUT2D eigenvalue weighted by Crippen LogP contribution is 2.50. The molecular weight excluding hydrogens is 554 g/mol. The number of aromatic nitrogens is 4. The highest BCUT2D eigenvalue weighted by Gasteiger charge is 2.31. The minimum absolute atomic E-state index is 0.568. The Labute approximate surface area is 257 Å².